The van der Waals surface area contributed by atoms with Gasteiger partial charge in [0.2, 0.25) is 0 Å². The maximum absolute atomic E-state index is 5.56. The SMILES string of the molecule is CCOc1cccc(C(NC)c2cnccc2C)c1. The van der Waals surface area contributed by atoms with Crippen LogP contribution in [0.25, 0.3) is 0 Å². The highest BCUT2D eigenvalue weighted by atomic mass is 16.5. The smallest absolute Gasteiger partial charge is 0.119 e. The number of aromatic nitrogens is 1. The summed E-state index contributed by atoms with van der Waals surface area (Å²) in [6.07, 6.45) is 3.74. The van der Waals surface area contributed by atoms with Gasteiger partial charge in [-0.15, -0.1) is 0 Å². The summed E-state index contributed by atoms with van der Waals surface area (Å²) in [5.41, 5.74) is 3.61. The normalized spacial score (nSPS) is 12.2. The molecule has 3 nitrogen and oxygen atoms in total. The number of benzene rings is 1. The van der Waals surface area contributed by atoms with E-state index in [-0.39, 0.29) is 6.04 Å². The number of pyridine rings is 1. The summed E-state index contributed by atoms with van der Waals surface area (Å²) in [5, 5.41) is 3.35. The van der Waals surface area contributed by atoms with Crippen LogP contribution in [0.15, 0.2) is 42.7 Å². The summed E-state index contributed by atoms with van der Waals surface area (Å²) >= 11 is 0. The number of rotatable bonds is 5. The van der Waals surface area contributed by atoms with Gasteiger partial charge in [0.05, 0.1) is 12.6 Å². The van der Waals surface area contributed by atoms with Gasteiger partial charge in [-0.2, -0.15) is 0 Å². The maximum Gasteiger partial charge on any atom is 0.119 e. The molecule has 3 heteroatoms. The van der Waals surface area contributed by atoms with Gasteiger partial charge in [0.25, 0.3) is 0 Å². The molecule has 1 atom stereocenters. The minimum Gasteiger partial charge on any atom is -0.494 e. The van der Waals surface area contributed by atoms with Crippen LogP contribution >= 0.6 is 0 Å². The van der Waals surface area contributed by atoms with Crippen molar-refractivity contribution in [1.29, 1.82) is 0 Å². The van der Waals surface area contributed by atoms with E-state index in [9.17, 15) is 0 Å². The van der Waals surface area contributed by atoms with Gasteiger partial charge < -0.3 is 10.1 Å². The van der Waals surface area contributed by atoms with E-state index in [0.717, 1.165) is 5.75 Å². The average molecular weight is 256 g/mol. The molecule has 1 aromatic carbocycles. The first kappa shape index (κ1) is 13.6. The van der Waals surface area contributed by atoms with Crippen molar-refractivity contribution in [2.24, 2.45) is 0 Å². The number of aryl methyl sites for hydroxylation is 1. The second kappa shape index (κ2) is 6.34. The highest BCUT2D eigenvalue weighted by Crippen LogP contribution is 2.26. The molecule has 0 saturated carbocycles. The number of hydrogen-bond acceptors (Lipinski definition) is 3. The molecular weight excluding hydrogens is 236 g/mol. The monoisotopic (exact) mass is 256 g/mol. The topological polar surface area (TPSA) is 34.1 Å². The van der Waals surface area contributed by atoms with E-state index < -0.39 is 0 Å². The quantitative estimate of drug-likeness (QED) is 0.892. The molecule has 100 valence electrons. The highest BCUT2D eigenvalue weighted by Gasteiger charge is 2.14. The largest absolute Gasteiger partial charge is 0.494 e. The molecular formula is C16H20N2O. The van der Waals surface area contributed by atoms with Crippen molar-refractivity contribution in [3.8, 4) is 5.75 Å². The molecule has 2 rings (SSSR count). The molecule has 0 radical (unpaired) electrons. The van der Waals surface area contributed by atoms with Gasteiger partial charge in [0.1, 0.15) is 5.75 Å². The zero-order chi connectivity index (χ0) is 13.7. The average Bonchev–Trinajstić information content (AvgIpc) is 2.43. The minimum atomic E-state index is 0.133. The number of nitrogens with zero attached hydrogens (tertiary/aromatic N) is 1. The van der Waals surface area contributed by atoms with Crippen LogP contribution in [0.2, 0.25) is 0 Å². The first-order chi connectivity index (χ1) is 9.26. The molecule has 1 heterocycles. The Bertz CT molecular complexity index is 540. The van der Waals surface area contributed by atoms with Crippen LogP contribution in [-0.2, 0) is 0 Å². The van der Waals surface area contributed by atoms with Gasteiger partial charge in [-0.25, -0.2) is 0 Å². The lowest BCUT2D eigenvalue weighted by Crippen LogP contribution is -2.19. The first-order valence-corrected chi connectivity index (χ1v) is 6.56. The van der Waals surface area contributed by atoms with E-state index in [1.54, 1.807) is 0 Å². The lowest BCUT2D eigenvalue weighted by atomic mass is 9.97. The Labute approximate surface area is 114 Å². The molecule has 19 heavy (non-hydrogen) atoms. The van der Waals surface area contributed by atoms with E-state index in [1.165, 1.54) is 16.7 Å². The van der Waals surface area contributed by atoms with Gasteiger partial charge in [-0.05, 0) is 55.8 Å². The Balaban J connectivity index is 2.37. The zero-order valence-electron chi connectivity index (χ0n) is 11.7. The molecule has 1 unspecified atom stereocenters. The maximum atomic E-state index is 5.56. The van der Waals surface area contributed by atoms with Crippen LogP contribution in [0.5, 0.6) is 5.75 Å². The molecule has 0 saturated heterocycles. The minimum absolute atomic E-state index is 0.133. The van der Waals surface area contributed by atoms with Gasteiger partial charge in [0, 0.05) is 12.4 Å². The summed E-state index contributed by atoms with van der Waals surface area (Å²) in [5.74, 6) is 0.904. The Morgan fingerprint density at radius 2 is 2.16 bits per heavy atom. The molecule has 0 bridgehead atoms. The van der Waals surface area contributed by atoms with Gasteiger partial charge in [-0.1, -0.05) is 12.1 Å². The van der Waals surface area contributed by atoms with Crippen molar-refractivity contribution in [2.75, 3.05) is 13.7 Å². The molecule has 0 fully saturated rings. The Morgan fingerprint density at radius 1 is 1.32 bits per heavy atom. The fraction of sp³-hybridized carbons (Fsp3) is 0.312. The molecule has 1 N–H and O–H groups in total. The van der Waals surface area contributed by atoms with Crippen molar-refractivity contribution in [1.82, 2.24) is 10.3 Å². The van der Waals surface area contributed by atoms with Gasteiger partial charge >= 0.3 is 0 Å². The highest BCUT2D eigenvalue weighted by molar-refractivity contribution is 5.38. The van der Waals surface area contributed by atoms with Crippen LogP contribution in [0.4, 0.5) is 0 Å². The fourth-order valence-electron chi connectivity index (χ4n) is 2.23. The predicted molar refractivity (Wildman–Crippen MR) is 77.5 cm³/mol. The van der Waals surface area contributed by atoms with Crippen LogP contribution in [0.3, 0.4) is 0 Å². The van der Waals surface area contributed by atoms with Crippen LogP contribution < -0.4 is 10.1 Å². The van der Waals surface area contributed by atoms with Crippen molar-refractivity contribution in [2.45, 2.75) is 19.9 Å². The van der Waals surface area contributed by atoms with Crippen molar-refractivity contribution in [3.63, 3.8) is 0 Å². The van der Waals surface area contributed by atoms with Crippen molar-refractivity contribution < 1.29 is 4.74 Å². The molecule has 0 amide bonds. The predicted octanol–water partition coefficient (Wildman–Crippen LogP) is 3.10. The summed E-state index contributed by atoms with van der Waals surface area (Å²) in [6.45, 7) is 4.78. The van der Waals surface area contributed by atoms with E-state index in [2.05, 4.69) is 29.4 Å². The second-order valence-electron chi connectivity index (χ2n) is 4.46. The third-order valence-electron chi connectivity index (χ3n) is 3.18. The summed E-state index contributed by atoms with van der Waals surface area (Å²) < 4.78 is 5.56. The number of nitrogens with one attached hydrogen (secondary N) is 1. The first-order valence-electron chi connectivity index (χ1n) is 6.56. The third kappa shape index (κ3) is 3.12. The van der Waals surface area contributed by atoms with Crippen LogP contribution in [0, 0.1) is 6.92 Å². The molecule has 0 aliphatic rings. The van der Waals surface area contributed by atoms with E-state index in [0.29, 0.717) is 6.61 Å². The number of ether oxygens (including phenoxy) is 1. The summed E-state index contributed by atoms with van der Waals surface area (Å²) in [6, 6.07) is 10.4. The van der Waals surface area contributed by atoms with Gasteiger partial charge in [0.15, 0.2) is 0 Å². The molecule has 0 spiro atoms. The fourth-order valence-corrected chi connectivity index (χ4v) is 2.23. The standard InChI is InChI=1S/C16H20N2O/c1-4-19-14-7-5-6-13(10-14)16(17-3)15-11-18-9-8-12(15)2/h5-11,16-17H,4H2,1-3H3. The van der Waals surface area contributed by atoms with Crippen LogP contribution in [0.1, 0.15) is 29.7 Å². The zero-order valence-corrected chi connectivity index (χ0v) is 11.7. The van der Waals surface area contributed by atoms with Crippen molar-refractivity contribution in [3.05, 3.63) is 59.4 Å². The van der Waals surface area contributed by atoms with E-state index in [4.69, 9.17) is 4.74 Å². The Hall–Kier alpha value is -1.87. The van der Waals surface area contributed by atoms with Gasteiger partial charge in [-0.3, -0.25) is 4.98 Å². The van der Waals surface area contributed by atoms with Crippen molar-refractivity contribution >= 4 is 0 Å². The lowest BCUT2D eigenvalue weighted by Gasteiger charge is -2.19. The summed E-state index contributed by atoms with van der Waals surface area (Å²) in [7, 11) is 1.96. The van der Waals surface area contributed by atoms with E-state index >= 15 is 0 Å². The molecule has 1 aromatic heterocycles. The lowest BCUT2D eigenvalue weighted by molar-refractivity contribution is 0.339. The molecule has 0 aliphatic heterocycles. The molecule has 2 aromatic rings. The second-order valence-corrected chi connectivity index (χ2v) is 4.46. The number of hydrogen-bond donors (Lipinski definition) is 1. The Morgan fingerprint density at radius 3 is 2.84 bits per heavy atom. The van der Waals surface area contributed by atoms with Crippen LogP contribution in [-0.4, -0.2) is 18.6 Å². The summed E-state index contributed by atoms with van der Waals surface area (Å²) in [4.78, 5) is 4.23. The molecule has 0 aliphatic carbocycles. The van der Waals surface area contributed by atoms with E-state index in [1.807, 2.05) is 44.6 Å². The Kier molecular flexibility index (Phi) is 4.53. The third-order valence-corrected chi connectivity index (χ3v) is 3.18.